The zero-order valence-electron chi connectivity index (χ0n) is 12.2. The summed E-state index contributed by atoms with van der Waals surface area (Å²) in [5.74, 6) is 0. The molecule has 2 unspecified atom stereocenters. The fourth-order valence-electron chi connectivity index (χ4n) is 2.86. The maximum absolute atomic E-state index is 8.71. The van der Waals surface area contributed by atoms with Crippen LogP contribution in [0, 0.1) is 0 Å². The Kier molecular flexibility index (Phi) is 7.95. The number of hydrogen-bond acceptors (Lipinski definition) is 4. The lowest BCUT2D eigenvalue weighted by molar-refractivity contribution is -0.886. The molecule has 116 valence electrons. The summed E-state index contributed by atoms with van der Waals surface area (Å²) in [4.78, 5) is 3.19. The topological polar surface area (TPSA) is 49.5 Å². The Morgan fingerprint density at radius 1 is 1.30 bits per heavy atom. The number of nitrogens with one attached hydrogen (secondary N) is 1. The fraction of sp³-hybridized carbons (Fsp3) is 0.786. The van der Waals surface area contributed by atoms with Crippen molar-refractivity contribution in [3.05, 3.63) is 12.4 Å². The third-order valence-corrected chi connectivity index (χ3v) is 4.09. The van der Waals surface area contributed by atoms with Crippen LogP contribution in [0.4, 0.5) is 0 Å². The Labute approximate surface area is 127 Å². The van der Waals surface area contributed by atoms with Crippen LogP contribution < -0.4 is 17.3 Å². The Bertz CT molecular complexity index is 318. The van der Waals surface area contributed by atoms with Crippen molar-refractivity contribution in [2.75, 3.05) is 13.8 Å². The van der Waals surface area contributed by atoms with Gasteiger partial charge in [-0.05, 0) is 12.8 Å². The molecule has 20 heavy (non-hydrogen) atoms. The highest BCUT2D eigenvalue weighted by molar-refractivity contribution is 5.61. The molecular weight excluding hydrogens is 278 g/mol. The van der Waals surface area contributed by atoms with E-state index in [1.165, 1.54) is 49.8 Å². The number of ether oxygens (including phenoxy) is 1. The zero-order chi connectivity index (χ0) is 13.5. The van der Waals surface area contributed by atoms with Crippen molar-refractivity contribution in [1.82, 2.24) is 4.90 Å². The normalized spacial score (nSPS) is 28.4. The zero-order valence-corrected chi connectivity index (χ0v) is 12.9. The minimum Gasteiger partial charge on any atom is -1.00 e. The number of oxime groups is 1. The molecule has 0 radical (unpaired) electrons. The van der Waals surface area contributed by atoms with E-state index in [2.05, 4.69) is 11.4 Å². The van der Waals surface area contributed by atoms with Crippen LogP contribution in [0.1, 0.15) is 44.9 Å². The van der Waals surface area contributed by atoms with E-state index in [0.29, 0.717) is 12.8 Å². The molecule has 2 atom stereocenters. The molecule has 6 heteroatoms. The molecule has 5 nitrogen and oxygen atoms in total. The highest BCUT2D eigenvalue weighted by Crippen LogP contribution is 2.18. The minimum absolute atomic E-state index is 0. The molecule has 2 N–H and O–H groups in total. The Morgan fingerprint density at radius 2 is 1.95 bits per heavy atom. The maximum Gasteiger partial charge on any atom is 0.209 e. The number of halogens is 1. The summed E-state index contributed by atoms with van der Waals surface area (Å²) < 4.78 is 6.07. The van der Waals surface area contributed by atoms with Crippen molar-refractivity contribution >= 4 is 6.21 Å². The molecule has 0 aromatic carbocycles. The average Bonchev–Trinajstić information content (AvgIpc) is 2.70. The summed E-state index contributed by atoms with van der Waals surface area (Å²) in [7, 11) is 1.98. The van der Waals surface area contributed by atoms with Crippen LogP contribution in [0.5, 0.6) is 0 Å². The predicted octanol–water partition coefficient (Wildman–Crippen LogP) is -1.83. The molecular formula is C14H26ClN3O2. The molecule has 0 aromatic heterocycles. The van der Waals surface area contributed by atoms with Gasteiger partial charge in [-0.2, -0.15) is 0 Å². The third kappa shape index (κ3) is 4.96. The summed E-state index contributed by atoms with van der Waals surface area (Å²) in [6.45, 7) is 0.641. The second-order valence-electron chi connectivity index (χ2n) is 5.54. The second kappa shape index (κ2) is 9.21. The summed E-state index contributed by atoms with van der Waals surface area (Å²) in [6.07, 6.45) is 15.1. The molecule has 1 heterocycles. The largest absolute Gasteiger partial charge is 1.00 e. The van der Waals surface area contributed by atoms with Crippen LogP contribution in [0.2, 0.25) is 0 Å². The van der Waals surface area contributed by atoms with Crippen LogP contribution in [-0.2, 0) is 4.74 Å². The summed E-state index contributed by atoms with van der Waals surface area (Å²) in [5, 5.41) is 11.9. The Balaban J connectivity index is 0.00000200. The van der Waals surface area contributed by atoms with Gasteiger partial charge in [0, 0.05) is 7.05 Å². The van der Waals surface area contributed by atoms with Crippen molar-refractivity contribution in [2.45, 2.75) is 57.2 Å². The molecule has 0 spiro atoms. The van der Waals surface area contributed by atoms with Gasteiger partial charge in [-0.25, -0.2) is 0 Å². The number of hydrogen-bond donors (Lipinski definition) is 2. The van der Waals surface area contributed by atoms with Crippen LogP contribution in [-0.4, -0.2) is 42.4 Å². The molecule has 0 amide bonds. The van der Waals surface area contributed by atoms with Crippen LogP contribution in [0.15, 0.2) is 17.6 Å². The Hall–Kier alpha value is -0.780. The number of quaternary nitrogens is 1. The van der Waals surface area contributed by atoms with Gasteiger partial charge in [0.15, 0.2) is 6.73 Å². The SMILES string of the molecule is CN1C=C[NH+](COC2CCCCCCC2)C1/C=N\O.[Cl-]. The molecule has 1 saturated carbocycles. The van der Waals surface area contributed by atoms with Gasteiger partial charge < -0.3 is 27.3 Å². The first-order chi connectivity index (χ1) is 9.31. The van der Waals surface area contributed by atoms with Crippen molar-refractivity contribution < 1.29 is 27.3 Å². The third-order valence-electron chi connectivity index (χ3n) is 4.09. The first-order valence-corrected chi connectivity index (χ1v) is 7.36. The Morgan fingerprint density at radius 3 is 2.60 bits per heavy atom. The van der Waals surface area contributed by atoms with Gasteiger partial charge in [-0.3, -0.25) is 4.90 Å². The highest BCUT2D eigenvalue weighted by atomic mass is 35.5. The monoisotopic (exact) mass is 303 g/mol. The predicted molar refractivity (Wildman–Crippen MR) is 74.0 cm³/mol. The van der Waals surface area contributed by atoms with E-state index in [-0.39, 0.29) is 18.6 Å². The van der Waals surface area contributed by atoms with E-state index < -0.39 is 0 Å². The highest BCUT2D eigenvalue weighted by Gasteiger charge is 2.28. The fourth-order valence-corrected chi connectivity index (χ4v) is 2.86. The smallest absolute Gasteiger partial charge is 0.209 e. The van der Waals surface area contributed by atoms with Crippen molar-refractivity contribution in [3.63, 3.8) is 0 Å². The van der Waals surface area contributed by atoms with E-state index in [4.69, 9.17) is 9.94 Å². The number of rotatable bonds is 4. The molecule has 0 bridgehead atoms. The maximum atomic E-state index is 8.71. The molecule has 2 rings (SSSR count). The lowest BCUT2D eigenvalue weighted by Crippen LogP contribution is -3.12. The first-order valence-electron chi connectivity index (χ1n) is 7.36. The van der Waals surface area contributed by atoms with Crippen molar-refractivity contribution in [1.29, 1.82) is 0 Å². The molecule has 0 saturated heterocycles. The second-order valence-corrected chi connectivity index (χ2v) is 5.54. The van der Waals surface area contributed by atoms with E-state index in [0.717, 1.165) is 0 Å². The molecule has 0 aromatic rings. The first kappa shape index (κ1) is 17.3. The van der Waals surface area contributed by atoms with E-state index in [9.17, 15) is 0 Å². The lowest BCUT2D eigenvalue weighted by Gasteiger charge is -2.25. The van der Waals surface area contributed by atoms with Gasteiger partial charge in [0.25, 0.3) is 0 Å². The van der Waals surface area contributed by atoms with E-state index in [1.807, 2.05) is 18.1 Å². The van der Waals surface area contributed by atoms with E-state index in [1.54, 1.807) is 6.21 Å². The van der Waals surface area contributed by atoms with Crippen molar-refractivity contribution in [3.8, 4) is 0 Å². The molecule has 1 aliphatic heterocycles. The average molecular weight is 304 g/mol. The standard InChI is InChI=1S/C14H25N3O2.ClH/c1-16-9-10-17(14(16)11-15-18)12-19-13-7-5-3-2-4-6-8-13;/h9-11,13-14,18H,2-8,12H2,1H3;1H/b15-11-;. The molecule has 1 fully saturated rings. The van der Waals surface area contributed by atoms with Gasteiger partial charge >= 0.3 is 0 Å². The van der Waals surface area contributed by atoms with Crippen LogP contribution in [0.3, 0.4) is 0 Å². The molecule has 1 aliphatic carbocycles. The summed E-state index contributed by atoms with van der Waals surface area (Å²) in [6, 6.07) is 0. The van der Waals surface area contributed by atoms with Crippen LogP contribution >= 0.6 is 0 Å². The van der Waals surface area contributed by atoms with Gasteiger partial charge in [0.2, 0.25) is 6.17 Å². The molecule has 2 aliphatic rings. The van der Waals surface area contributed by atoms with Gasteiger partial charge in [0.05, 0.1) is 12.3 Å². The van der Waals surface area contributed by atoms with E-state index >= 15 is 0 Å². The van der Waals surface area contributed by atoms with Gasteiger partial charge in [-0.15, -0.1) is 0 Å². The summed E-state index contributed by atoms with van der Waals surface area (Å²) >= 11 is 0. The van der Waals surface area contributed by atoms with Crippen molar-refractivity contribution in [2.24, 2.45) is 5.16 Å². The lowest BCUT2D eigenvalue weighted by atomic mass is 9.99. The quantitative estimate of drug-likeness (QED) is 0.365. The number of nitrogens with zero attached hydrogens (tertiary/aromatic N) is 2. The minimum atomic E-state index is 0. The van der Waals surface area contributed by atoms with Gasteiger partial charge in [-0.1, -0.05) is 37.3 Å². The van der Waals surface area contributed by atoms with Crippen LogP contribution in [0.25, 0.3) is 0 Å². The summed E-state index contributed by atoms with van der Waals surface area (Å²) in [5.41, 5.74) is 0. The van der Waals surface area contributed by atoms with Gasteiger partial charge in [0.1, 0.15) is 12.4 Å².